The molecule has 0 bridgehead atoms. The first-order valence-corrected chi connectivity index (χ1v) is 7.62. The summed E-state index contributed by atoms with van der Waals surface area (Å²) >= 11 is 3.48. The van der Waals surface area contributed by atoms with Crippen molar-refractivity contribution in [1.29, 1.82) is 0 Å². The van der Waals surface area contributed by atoms with Gasteiger partial charge in [-0.25, -0.2) is 4.39 Å². The summed E-state index contributed by atoms with van der Waals surface area (Å²) in [5.41, 5.74) is 1.97. The van der Waals surface area contributed by atoms with Crippen molar-refractivity contribution >= 4 is 32.4 Å². The standard InChI is InChI=1S/C18H15BrFN/c1-12(13-3-2-4-17(20)10-13)21-18-8-6-14-9-16(19)7-5-15(14)11-18/h2-12,21H,1H3. The lowest BCUT2D eigenvalue weighted by Crippen LogP contribution is -2.06. The van der Waals surface area contributed by atoms with Crippen molar-refractivity contribution in [2.24, 2.45) is 0 Å². The maximum Gasteiger partial charge on any atom is 0.123 e. The smallest absolute Gasteiger partial charge is 0.123 e. The number of nitrogens with one attached hydrogen (secondary N) is 1. The summed E-state index contributed by atoms with van der Waals surface area (Å²) in [6.45, 7) is 2.03. The molecular formula is C18H15BrFN. The van der Waals surface area contributed by atoms with Gasteiger partial charge in [0.2, 0.25) is 0 Å². The van der Waals surface area contributed by atoms with Crippen LogP contribution in [0.15, 0.2) is 65.1 Å². The highest BCUT2D eigenvalue weighted by atomic mass is 79.9. The average Bonchev–Trinajstić information content (AvgIpc) is 2.47. The predicted octanol–water partition coefficient (Wildman–Crippen LogP) is 5.91. The zero-order valence-electron chi connectivity index (χ0n) is 11.6. The summed E-state index contributed by atoms with van der Waals surface area (Å²) in [6.07, 6.45) is 0. The molecule has 0 heterocycles. The second-order valence-corrected chi connectivity index (χ2v) is 6.04. The van der Waals surface area contributed by atoms with Gasteiger partial charge in [-0.3, -0.25) is 0 Å². The Balaban J connectivity index is 1.86. The van der Waals surface area contributed by atoms with E-state index in [4.69, 9.17) is 0 Å². The van der Waals surface area contributed by atoms with Crippen LogP contribution in [0.4, 0.5) is 10.1 Å². The Morgan fingerprint density at radius 1 is 0.952 bits per heavy atom. The van der Waals surface area contributed by atoms with Gasteiger partial charge in [-0.05, 0) is 59.7 Å². The minimum absolute atomic E-state index is 0.0496. The fraction of sp³-hybridized carbons (Fsp3) is 0.111. The first-order valence-electron chi connectivity index (χ1n) is 6.83. The molecule has 0 fully saturated rings. The van der Waals surface area contributed by atoms with E-state index in [0.29, 0.717) is 0 Å². The topological polar surface area (TPSA) is 12.0 Å². The first kappa shape index (κ1) is 14.1. The van der Waals surface area contributed by atoms with E-state index >= 15 is 0 Å². The lowest BCUT2D eigenvalue weighted by molar-refractivity contribution is 0.623. The van der Waals surface area contributed by atoms with Crippen LogP contribution in [0.25, 0.3) is 10.8 Å². The van der Waals surface area contributed by atoms with Gasteiger partial charge in [0.05, 0.1) is 0 Å². The number of benzene rings is 3. The van der Waals surface area contributed by atoms with Crippen LogP contribution >= 0.6 is 15.9 Å². The highest BCUT2D eigenvalue weighted by molar-refractivity contribution is 9.10. The molecule has 0 amide bonds. The van der Waals surface area contributed by atoms with Crippen LogP contribution in [0.2, 0.25) is 0 Å². The highest BCUT2D eigenvalue weighted by Gasteiger charge is 2.06. The van der Waals surface area contributed by atoms with Crippen LogP contribution < -0.4 is 5.32 Å². The maximum atomic E-state index is 13.3. The molecule has 0 spiro atoms. The second-order valence-electron chi connectivity index (χ2n) is 5.13. The molecule has 0 aliphatic carbocycles. The normalized spacial score (nSPS) is 12.3. The number of rotatable bonds is 3. The lowest BCUT2D eigenvalue weighted by atomic mass is 10.1. The molecule has 1 atom stereocenters. The third-order valence-electron chi connectivity index (χ3n) is 3.53. The molecule has 0 aliphatic heterocycles. The summed E-state index contributed by atoms with van der Waals surface area (Å²) in [4.78, 5) is 0. The Hall–Kier alpha value is -1.87. The SMILES string of the molecule is CC(Nc1ccc2cc(Br)ccc2c1)c1cccc(F)c1. The molecule has 0 radical (unpaired) electrons. The van der Waals surface area contributed by atoms with Crippen molar-refractivity contribution in [2.75, 3.05) is 5.32 Å². The lowest BCUT2D eigenvalue weighted by Gasteiger charge is -2.16. The Kier molecular flexibility index (Phi) is 3.93. The quantitative estimate of drug-likeness (QED) is 0.622. The fourth-order valence-corrected chi connectivity index (χ4v) is 2.79. The van der Waals surface area contributed by atoms with Gasteiger partial charge in [-0.2, -0.15) is 0 Å². The van der Waals surface area contributed by atoms with E-state index in [0.717, 1.165) is 15.7 Å². The molecule has 1 unspecified atom stereocenters. The Morgan fingerprint density at radius 3 is 2.52 bits per heavy atom. The van der Waals surface area contributed by atoms with Crippen molar-refractivity contribution in [3.63, 3.8) is 0 Å². The van der Waals surface area contributed by atoms with E-state index in [2.05, 4.69) is 45.5 Å². The number of halogens is 2. The van der Waals surface area contributed by atoms with Gasteiger partial charge in [0.15, 0.2) is 0 Å². The molecule has 0 aromatic heterocycles. The van der Waals surface area contributed by atoms with Gasteiger partial charge in [0, 0.05) is 16.2 Å². The van der Waals surface area contributed by atoms with Gasteiger partial charge in [0.1, 0.15) is 5.82 Å². The first-order chi connectivity index (χ1) is 10.1. The monoisotopic (exact) mass is 343 g/mol. The molecular weight excluding hydrogens is 329 g/mol. The minimum Gasteiger partial charge on any atom is -0.379 e. The zero-order valence-corrected chi connectivity index (χ0v) is 13.2. The van der Waals surface area contributed by atoms with E-state index in [1.807, 2.05) is 25.1 Å². The molecule has 0 saturated heterocycles. The molecule has 0 aliphatic rings. The molecule has 1 nitrogen and oxygen atoms in total. The number of fused-ring (bicyclic) bond motifs is 1. The van der Waals surface area contributed by atoms with Crippen molar-refractivity contribution in [2.45, 2.75) is 13.0 Å². The van der Waals surface area contributed by atoms with Crippen LogP contribution in [-0.2, 0) is 0 Å². The van der Waals surface area contributed by atoms with Gasteiger partial charge in [0.25, 0.3) is 0 Å². The number of hydrogen-bond acceptors (Lipinski definition) is 1. The van der Waals surface area contributed by atoms with Gasteiger partial charge in [-0.1, -0.05) is 40.2 Å². The van der Waals surface area contributed by atoms with Crippen LogP contribution in [0.3, 0.4) is 0 Å². The summed E-state index contributed by atoms with van der Waals surface area (Å²) < 4.78 is 14.4. The molecule has 1 N–H and O–H groups in total. The molecule has 3 aromatic rings. The average molecular weight is 344 g/mol. The number of anilines is 1. The molecule has 3 aromatic carbocycles. The summed E-state index contributed by atoms with van der Waals surface area (Å²) in [6, 6.07) is 19.2. The van der Waals surface area contributed by atoms with Crippen molar-refractivity contribution in [3.05, 3.63) is 76.5 Å². The molecule has 0 saturated carbocycles. The van der Waals surface area contributed by atoms with Crippen molar-refractivity contribution < 1.29 is 4.39 Å². The summed E-state index contributed by atoms with van der Waals surface area (Å²) in [7, 11) is 0. The van der Waals surface area contributed by atoms with Crippen LogP contribution in [0.1, 0.15) is 18.5 Å². The fourth-order valence-electron chi connectivity index (χ4n) is 2.42. The van der Waals surface area contributed by atoms with E-state index in [9.17, 15) is 4.39 Å². The van der Waals surface area contributed by atoms with E-state index in [1.165, 1.54) is 16.8 Å². The van der Waals surface area contributed by atoms with Crippen LogP contribution in [0, 0.1) is 5.82 Å². The maximum absolute atomic E-state index is 13.3. The van der Waals surface area contributed by atoms with Crippen molar-refractivity contribution in [3.8, 4) is 0 Å². The second kappa shape index (κ2) is 5.86. The van der Waals surface area contributed by atoms with Crippen LogP contribution in [-0.4, -0.2) is 0 Å². The minimum atomic E-state index is -0.204. The molecule has 3 heteroatoms. The Bertz CT molecular complexity index is 785. The van der Waals surface area contributed by atoms with Gasteiger partial charge in [-0.15, -0.1) is 0 Å². The Labute approximate surface area is 131 Å². The summed E-state index contributed by atoms with van der Waals surface area (Å²) in [5, 5.41) is 5.78. The number of hydrogen-bond donors (Lipinski definition) is 1. The van der Waals surface area contributed by atoms with Crippen molar-refractivity contribution in [1.82, 2.24) is 0 Å². The zero-order chi connectivity index (χ0) is 14.8. The Morgan fingerprint density at radius 2 is 1.71 bits per heavy atom. The van der Waals surface area contributed by atoms with E-state index in [1.54, 1.807) is 12.1 Å². The predicted molar refractivity (Wildman–Crippen MR) is 90.1 cm³/mol. The van der Waals surface area contributed by atoms with Gasteiger partial charge < -0.3 is 5.32 Å². The third kappa shape index (κ3) is 3.24. The molecule has 106 valence electrons. The molecule has 3 rings (SSSR count). The third-order valence-corrected chi connectivity index (χ3v) is 4.03. The highest BCUT2D eigenvalue weighted by Crippen LogP contribution is 2.25. The van der Waals surface area contributed by atoms with E-state index in [-0.39, 0.29) is 11.9 Å². The largest absolute Gasteiger partial charge is 0.379 e. The van der Waals surface area contributed by atoms with Gasteiger partial charge >= 0.3 is 0 Å². The molecule has 21 heavy (non-hydrogen) atoms. The summed E-state index contributed by atoms with van der Waals surface area (Å²) in [5.74, 6) is -0.204. The van der Waals surface area contributed by atoms with Crippen LogP contribution in [0.5, 0.6) is 0 Å². The van der Waals surface area contributed by atoms with E-state index < -0.39 is 0 Å².